The van der Waals surface area contributed by atoms with Crippen molar-refractivity contribution in [3.05, 3.63) is 42.1 Å². The van der Waals surface area contributed by atoms with Gasteiger partial charge in [-0.3, -0.25) is 4.98 Å². The fraction of sp³-hybridized carbons (Fsp3) is 0.167. The first kappa shape index (κ1) is 11.4. The second-order valence-corrected chi connectivity index (χ2v) is 3.72. The predicted octanol–water partition coefficient (Wildman–Crippen LogP) is 2.50. The van der Waals surface area contributed by atoms with Crippen LogP contribution in [0.5, 0.6) is 0 Å². The second-order valence-electron chi connectivity index (χ2n) is 3.72. The summed E-state index contributed by atoms with van der Waals surface area (Å²) in [7, 11) is 0. The first-order chi connectivity index (χ1) is 7.99. The van der Waals surface area contributed by atoms with Gasteiger partial charge in [0.1, 0.15) is 0 Å². The van der Waals surface area contributed by atoms with Crippen molar-refractivity contribution in [3.63, 3.8) is 0 Å². The van der Waals surface area contributed by atoms with Crippen LogP contribution in [0, 0.1) is 0 Å². The van der Waals surface area contributed by atoms with Crippen molar-refractivity contribution in [1.82, 2.24) is 4.98 Å². The Morgan fingerprint density at radius 3 is 2.82 bits per heavy atom. The van der Waals surface area contributed by atoms with E-state index in [0.717, 1.165) is 5.39 Å². The van der Waals surface area contributed by atoms with Gasteiger partial charge >= 0.3 is 11.9 Å². The molecule has 2 aromatic rings. The standard InChI is InChI=1S/C12H9F2NO2/c13-12(14,11(16)17)7-8-3-4-9-2-1-5-15-10(9)6-8/h1-6H,7H2,(H,16,17). The van der Waals surface area contributed by atoms with Gasteiger partial charge < -0.3 is 5.11 Å². The molecule has 5 heteroatoms. The second kappa shape index (κ2) is 4.08. The Balaban J connectivity index is 2.34. The SMILES string of the molecule is O=C(O)C(F)(F)Cc1ccc2cccnc2c1. The zero-order valence-corrected chi connectivity index (χ0v) is 8.73. The number of nitrogens with zero attached hydrogens (tertiary/aromatic N) is 1. The fourth-order valence-corrected chi connectivity index (χ4v) is 1.55. The van der Waals surface area contributed by atoms with Gasteiger partial charge in [0.05, 0.1) is 5.52 Å². The minimum atomic E-state index is -3.75. The molecular formula is C12H9F2NO2. The zero-order valence-electron chi connectivity index (χ0n) is 8.73. The Morgan fingerprint density at radius 2 is 2.12 bits per heavy atom. The number of alkyl halides is 2. The number of aromatic nitrogens is 1. The highest BCUT2D eigenvalue weighted by Crippen LogP contribution is 2.22. The van der Waals surface area contributed by atoms with Crippen LogP contribution in [0.2, 0.25) is 0 Å². The monoisotopic (exact) mass is 237 g/mol. The van der Waals surface area contributed by atoms with E-state index in [1.165, 1.54) is 12.1 Å². The van der Waals surface area contributed by atoms with Crippen molar-refractivity contribution in [1.29, 1.82) is 0 Å². The van der Waals surface area contributed by atoms with Crippen LogP contribution < -0.4 is 0 Å². The third-order valence-electron chi connectivity index (χ3n) is 2.41. The molecule has 0 saturated carbocycles. The molecule has 1 N–H and O–H groups in total. The van der Waals surface area contributed by atoms with Crippen molar-refractivity contribution >= 4 is 16.9 Å². The number of carbonyl (C=O) groups is 1. The number of fused-ring (bicyclic) bond motifs is 1. The highest BCUT2D eigenvalue weighted by atomic mass is 19.3. The molecule has 0 saturated heterocycles. The van der Waals surface area contributed by atoms with Gasteiger partial charge in [0, 0.05) is 18.0 Å². The maximum absolute atomic E-state index is 13.0. The molecule has 88 valence electrons. The molecule has 0 bridgehead atoms. The first-order valence-electron chi connectivity index (χ1n) is 4.94. The maximum Gasteiger partial charge on any atom is 0.374 e. The summed E-state index contributed by atoms with van der Waals surface area (Å²) in [6.07, 6.45) is 0.732. The minimum absolute atomic E-state index is 0.253. The number of aliphatic carboxylic acids is 1. The van der Waals surface area contributed by atoms with Gasteiger partial charge in [0.15, 0.2) is 0 Å². The van der Waals surface area contributed by atoms with Gasteiger partial charge in [-0.1, -0.05) is 18.2 Å². The van der Waals surface area contributed by atoms with Crippen molar-refractivity contribution in [2.75, 3.05) is 0 Å². The number of hydrogen-bond acceptors (Lipinski definition) is 2. The third kappa shape index (κ3) is 2.38. The van der Waals surface area contributed by atoms with E-state index in [1.54, 1.807) is 24.4 Å². The summed E-state index contributed by atoms with van der Waals surface area (Å²) in [5.74, 6) is -5.86. The van der Waals surface area contributed by atoms with Crippen LogP contribution in [0.25, 0.3) is 10.9 Å². The lowest BCUT2D eigenvalue weighted by Crippen LogP contribution is -2.30. The van der Waals surface area contributed by atoms with E-state index in [2.05, 4.69) is 4.98 Å². The van der Waals surface area contributed by atoms with Crippen LogP contribution in [-0.2, 0) is 11.2 Å². The molecule has 0 fully saturated rings. The largest absolute Gasteiger partial charge is 0.477 e. The molecule has 0 radical (unpaired) electrons. The van der Waals surface area contributed by atoms with Crippen LogP contribution in [0.15, 0.2) is 36.5 Å². The number of pyridine rings is 1. The highest BCUT2D eigenvalue weighted by Gasteiger charge is 2.38. The average molecular weight is 237 g/mol. The number of carboxylic acids is 1. The summed E-state index contributed by atoms with van der Waals surface area (Å²) >= 11 is 0. The van der Waals surface area contributed by atoms with Crippen molar-refractivity contribution < 1.29 is 18.7 Å². The normalized spacial score (nSPS) is 11.6. The van der Waals surface area contributed by atoms with Gasteiger partial charge in [-0.05, 0) is 17.7 Å². The molecule has 0 atom stereocenters. The Bertz CT molecular complexity index is 569. The Hall–Kier alpha value is -2.04. The predicted molar refractivity (Wildman–Crippen MR) is 58.0 cm³/mol. The van der Waals surface area contributed by atoms with E-state index >= 15 is 0 Å². The minimum Gasteiger partial charge on any atom is -0.477 e. The molecule has 1 heterocycles. The number of carboxylic acid groups (broad SMARTS) is 1. The van der Waals surface area contributed by atoms with Crippen molar-refractivity contribution in [2.24, 2.45) is 0 Å². The summed E-state index contributed by atoms with van der Waals surface area (Å²) < 4.78 is 26.0. The zero-order chi connectivity index (χ0) is 12.5. The Labute approximate surface area is 95.7 Å². The van der Waals surface area contributed by atoms with E-state index in [-0.39, 0.29) is 5.56 Å². The topological polar surface area (TPSA) is 50.2 Å². The smallest absolute Gasteiger partial charge is 0.374 e. The lowest BCUT2D eigenvalue weighted by atomic mass is 10.1. The molecule has 0 unspecified atom stereocenters. The molecule has 1 aromatic carbocycles. The van der Waals surface area contributed by atoms with E-state index in [0.29, 0.717) is 5.52 Å². The molecule has 2 rings (SSSR count). The van der Waals surface area contributed by atoms with E-state index < -0.39 is 18.3 Å². The van der Waals surface area contributed by atoms with Crippen LogP contribution in [-0.4, -0.2) is 22.0 Å². The number of halogens is 2. The van der Waals surface area contributed by atoms with Crippen LogP contribution in [0.4, 0.5) is 8.78 Å². The van der Waals surface area contributed by atoms with Gasteiger partial charge in [0.25, 0.3) is 0 Å². The molecule has 17 heavy (non-hydrogen) atoms. The lowest BCUT2D eigenvalue weighted by molar-refractivity contribution is -0.164. The molecule has 1 aromatic heterocycles. The van der Waals surface area contributed by atoms with E-state index in [9.17, 15) is 13.6 Å². The van der Waals surface area contributed by atoms with E-state index in [1.807, 2.05) is 0 Å². The average Bonchev–Trinajstić information content (AvgIpc) is 2.28. The number of rotatable bonds is 3. The van der Waals surface area contributed by atoms with Gasteiger partial charge in [-0.2, -0.15) is 8.78 Å². The number of benzene rings is 1. The molecular weight excluding hydrogens is 228 g/mol. The summed E-state index contributed by atoms with van der Waals surface area (Å²) in [5.41, 5.74) is 0.829. The van der Waals surface area contributed by atoms with Crippen molar-refractivity contribution in [2.45, 2.75) is 12.3 Å². The summed E-state index contributed by atoms with van der Waals surface area (Å²) in [6, 6.07) is 8.16. The highest BCUT2D eigenvalue weighted by molar-refractivity contribution is 5.80. The molecule has 0 aliphatic carbocycles. The van der Waals surface area contributed by atoms with Gasteiger partial charge in [-0.25, -0.2) is 4.79 Å². The fourth-order valence-electron chi connectivity index (χ4n) is 1.55. The maximum atomic E-state index is 13.0. The first-order valence-corrected chi connectivity index (χ1v) is 4.94. The molecule has 0 aliphatic heterocycles. The quantitative estimate of drug-likeness (QED) is 0.892. The molecule has 0 spiro atoms. The van der Waals surface area contributed by atoms with E-state index in [4.69, 9.17) is 5.11 Å². The summed E-state index contributed by atoms with van der Waals surface area (Å²) in [5, 5.41) is 9.18. The van der Waals surface area contributed by atoms with Crippen LogP contribution in [0.1, 0.15) is 5.56 Å². The molecule has 0 amide bonds. The molecule has 0 aliphatic rings. The third-order valence-corrected chi connectivity index (χ3v) is 2.41. The molecule has 3 nitrogen and oxygen atoms in total. The van der Waals surface area contributed by atoms with Crippen LogP contribution >= 0.6 is 0 Å². The van der Waals surface area contributed by atoms with Gasteiger partial charge in [-0.15, -0.1) is 0 Å². The van der Waals surface area contributed by atoms with Crippen LogP contribution in [0.3, 0.4) is 0 Å². The van der Waals surface area contributed by atoms with Gasteiger partial charge in [0.2, 0.25) is 0 Å². The summed E-state index contributed by atoms with van der Waals surface area (Å²) in [4.78, 5) is 14.3. The Morgan fingerprint density at radius 1 is 1.35 bits per heavy atom. The van der Waals surface area contributed by atoms with Crippen molar-refractivity contribution in [3.8, 4) is 0 Å². The Kier molecular flexibility index (Phi) is 2.75. The number of hydrogen-bond donors (Lipinski definition) is 1. The lowest BCUT2D eigenvalue weighted by Gasteiger charge is -2.11. The summed E-state index contributed by atoms with van der Waals surface area (Å²) in [6.45, 7) is 0.